The van der Waals surface area contributed by atoms with Crippen LogP contribution in [0.15, 0.2) is 23.1 Å². The standard InChI is InChI=1S/C14H19FN2O2S/c15-12-4-1-10(8-16)7-13(12)20(18,19)17-9-14(5-6-14)11-2-3-11/h1,4,7,11,17H,2-3,5-6,8-9,16H2. The maximum Gasteiger partial charge on any atom is 0.243 e. The molecule has 2 saturated carbocycles. The van der Waals surface area contributed by atoms with Crippen molar-refractivity contribution in [3.8, 4) is 0 Å². The Kier molecular flexibility index (Phi) is 3.35. The highest BCUT2D eigenvalue weighted by Gasteiger charge is 2.53. The minimum atomic E-state index is -3.80. The Morgan fingerprint density at radius 1 is 1.35 bits per heavy atom. The third-order valence-corrected chi connectivity index (χ3v) is 5.89. The molecule has 0 amide bonds. The van der Waals surface area contributed by atoms with Gasteiger partial charge in [-0.25, -0.2) is 17.5 Å². The van der Waals surface area contributed by atoms with Gasteiger partial charge in [0.25, 0.3) is 0 Å². The number of benzene rings is 1. The first-order valence-electron chi connectivity index (χ1n) is 6.95. The summed E-state index contributed by atoms with van der Waals surface area (Å²) in [7, 11) is -3.80. The third kappa shape index (κ3) is 2.60. The van der Waals surface area contributed by atoms with Gasteiger partial charge in [-0.05, 0) is 54.7 Å². The van der Waals surface area contributed by atoms with Crippen LogP contribution in [0, 0.1) is 17.2 Å². The molecule has 3 N–H and O–H groups in total. The molecule has 6 heteroatoms. The Bertz CT molecular complexity index is 622. The SMILES string of the molecule is NCc1ccc(F)c(S(=O)(=O)NCC2(C3CC3)CC2)c1. The fourth-order valence-corrected chi connectivity index (χ4v) is 4.05. The van der Waals surface area contributed by atoms with E-state index in [2.05, 4.69) is 4.72 Å². The number of halogens is 1. The highest BCUT2D eigenvalue weighted by Crippen LogP contribution is 2.60. The lowest BCUT2D eigenvalue weighted by atomic mass is 10.0. The van der Waals surface area contributed by atoms with E-state index in [1.807, 2.05) is 0 Å². The Labute approximate surface area is 118 Å². The van der Waals surface area contributed by atoms with E-state index in [9.17, 15) is 12.8 Å². The summed E-state index contributed by atoms with van der Waals surface area (Å²) < 4.78 is 40.8. The smallest absolute Gasteiger partial charge is 0.243 e. The first kappa shape index (κ1) is 14.0. The molecule has 3 rings (SSSR count). The van der Waals surface area contributed by atoms with Crippen molar-refractivity contribution in [2.75, 3.05) is 6.54 Å². The number of hydrogen-bond donors (Lipinski definition) is 2. The second-order valence-corrected chi connectivity index (χ2v) is 7.67. The van der Waals surface area contributed by atoms with Crippen molar-refractivity contribution in [3.63, 3.8) is 0 Å². The number of nitrogens with two attached hydrogens (primary N) is 1. The zero-order chi connectivity index (χ0) is 14.4. The molecule has 0 atom stereocenters. The molecule has 1 aromatic carbocycles. The molecule has 0 spiro atoms. The number of hydrogen-bond acceptors (Lipinski definition) is 3. The van der Waals surface area contributed by atoms with Gasteiger partial charge in [0.1, 0.15) is 10.7 Å². The minimum Gasteiger partial charge on any atom is -0.326 e. The summed E-state index contributed by atoms with van der Waals surface area (Å²) in [6.07, 6.45) is 4.54. The highest BCUT2D eigenvalue weighted by atomic mass is 32.2. The van der Waals surface area contributed by atoms with Gasteiger partial charge in [0.2, 0.25) is 10.0 Å². The molecule has 0 bridgehead atoms. The Hall–Kier alpha value is -0.980. The fraction of sp³-hybridized carbons (Fsp3) is 0.571. The van der Waals surface area contributed by atoms with Crippen LogP contribution in [-0.2, 0) is 16.6 Å². The van der Waals surface area contributed by atoms with Crippen molar-refractivity contribution in [2.24, 2.45) is 17.1 Å². The normalized spacial score (nSPS) is 20.9. The van der Waals surface area contributed by atoms with Gasteiger partial charge in [-0.1, -0.05) is 6.07 Å². The average Bonchev–Trinajstić information content (AvgIpc) is 3.28. The summed E-state index contributed by atoms with van der Waals surface area (Å²) in [5.41, 5.74) is 6.23. The van der Waals surface area contributed by atoms with E-state index in [4.69, 9.17) is 5.73 Å². The molecule has 0 heterocycles. The van der Waals surface area contributed by atoms with Gasteiger partial charge in [0.15, 0.2) is 0 Å². The van der Waals surface area contributed by atoms with Crippen molar-refractivity contribution in [2.45, 2.75) is 37.1 Å². The molecule has 0 saturated heterocycles. The predicted octanol–water partition coefficient (Wildman–Crippen LogP) is 1.75. The van der Waals surface area contributed by atoms with E-state index >= 15 is 0 Å². The first-order chi connectivity index (χ1) is 9.47. The Balaban J connectivity index is 1.77. The van der Waals surface area contributed by atoms with E-state index in [0.29, 0.717) is 18.0 Å². The van der Waals surface area contributed by atoms with Crippen LogP contribution in [0.3, 0.4) is 0 Å². The summed E-state index contributed by atoms with van der Waals surface area (Å²) in [5, 5.41) is 0. The van der Waals surface area contributed by atoms with Crippen LogP contribution >= 0.6 is 0 Å². The topological polar surface area (TPSA) is 72.2 Å². The summed E-state index contributed by atoms with van der Waals surface area (Å²) in [5.74, 6) is -0.0728. The van der Waals surface area contributed by atoms with Crippen LogP contribution in [0.5, 0.6) is 0 Å². The molecule has 0 aromatic heterocycles. The van der Waals surface area contributed by atoms with Crippen molar-refractivity contribution in [1.82, 2.24) is 4.72 Å². The molecule has 0 radical (unpaired) electrons. The zero-order valence-electron chi connectivity index (χ0n) is 11.2. The molecule has 110 valence electrons. The predicted molar refractivity (Wildman–Crippen MR) is 73.9 cm³/mol. The molecular formula is C14H19FN2O2S. The second-order valence-electron chi connectivity index (χ2n) is 5.93. The highest BCUT2D eigenvalue weighted by molar-refractivity contribution is 7.89. The fourth-order valence-electron chi connectivity index (χ4n) is 2.78. The number of rotatable bonds is 6. The summed E-state index contributed by atoms with van der Waals surface area (Å²) in [6, 6.07) is 3.97. The van der Waals surface area contributed by atoms with Crippen molar-refractivity contribution >= 4 is 10.0 Å². The first-order valence-corrected chi connectivity index (χ1v) is 8.43. The van der Waals surface area contributed by atoms with Gasteiger partial charge in [-0.2, -0.15) is 0 Å². The van der Waals surface area contributed by atoms with Gasteiger partial charge < -0.3 is 5.73 Å². The Morgan fingerprint density at radius 3 is 2.60 bits per heavy atom. The molecule has 1 aromatic rings. The lowest BCUT2D eigenvalue weighted by molar-refractivity contribution is 0.431. The molecule has 2 aliphatic carbocycles. The monoisotopic (exact) mass is 298 g/mol. The maximum absolute atomic E-state index is 13.7. The van der Waals surface area contributed by atoms with E-state index < -0.39 is 15.8 Å². The summed E-state index contributed by atoms with van der Waals surface area (Å²) >= 11 is 0. The zero-order valence-corrected chi connectivity index (χ0v) is 12.0. The van der Waals surface area contributed by atoms with Crippen LogP contribution in [0.1, 0.15) is 31.2 Å². The maximum atomic E-state index is 13.7. The molecule has 0 unspecified atom stereocenters. The minimum absolute atomic E-state index is 0.148. The lowest BCUT2D eigenvalue weighted by Crippen LogP contribution is -2.31. The van der Waals surface area contributed by atoms with Crippen molar-refractivity contribution in [1.29, 1.82) is 0 Å². The molecule has 0 aliphatic heterocycles. The second kappa shape index (κ2) is 4.79. The van der Waals surface area contributed by atoms with Crippen molar-refractivity contribution in [3.05, 3.63) is 29.6 Å². The number of nitrogens with one attached hydrogen (secondary N) is 1. The quantitative estimate of drug-likeness (QED) is 0.840. The van der Waals surface area contributed by atoms with E-state index in [0.717, 1.165) is 18.9 Å². The van der Waals surface area contributed by atoms with Crippen LogP contribution in [-0.4, -0.2) is 15.0 Å². The van der Waals surface area contributed by atoms with E-state index in [1.165, 1.54) is 25.0 Å². The molecular weight excluding hydrogens is 279 g/mol. The summed E-state index contributed by atoms with van der Waals surface area (Å²) in [4.78, 5) is -0.299. The van der Waals surface area contributed by atoms with Crippen LogP contribution < -0.4 is 10.5 Å². The van der Waals surface area contributed by atoms with Gasteiger partial charge in [-0.3, -0.25) is 0 Å². The van der Waals surface area contributed by atoms with Crippen LogP contribution in [0.2, 0.25) is 0 Å². The largest absolute Gasteiger partial charge is 0.326 e. The van der Waals surface area contributed by atoms with Gasteiger partial charge in [-0.15, -0.1) is 0 Å². The molecule has 20 heavy (non-hydrogen) atoms. The van der Waals surface area contributed by atoms with Crippen LogP contribution in [0.25, 0.3) is 0 Å². The van der Waals surface area contributed by atoms with E-state index in [1.54, 1.807) is 0 Å². The van der Waals surface area contributed by atoms with E-state index in [-0.39, 0.29) is 16.9 Å². The van der Waals surface area contributed by atoms with Gasteiger partial charge >= 0.3 is 0 Å². The third-order valence-electron chi connectivity index (χ3n) is 4.47. The Morgan fingerprint density at radius 2 is 2.05 bits per heavy atom. The van der Waals surface area contributed by atoms with Crippen LogP contribution in [0.4, 0.5) is 4.39 Å². The average molecular weight is 298 g/mol. The molecule has 2 fully saturated rings. The lowest BCUT2D eigenvalue weighted by Gasteiger charge is -2.15. The van der Waals surface area contributed by atoms with Crippen molar-refractivity contribution < 1.29 is 12.8 Å². The van der Waals surface area contributed by atoms with Gasteiger partial charge in [0.05, 0.1) is 0 Å². The summed E-state index contributed by atoms with van der Waals surface area (Å²) in [6.45, 7) is 0.612. The molecule has 4 nitrogen and oxygen atoms in total. The number of sulfonamides is 1. The van der Waals surface area contributed by atoms with Gasteiger partial charge in [0, 0.05) is 13.1 Å². The molecule has 2 aliphatic rings.